The topological polar surface area (TPSA) is 52.6 Å². The van der Waals surface area contributed by atoms with Crippen molar-refractivity contribution in [2.75, 3.05) is 13.5 Å². The highest BCUT2D eigenvalue weighted by Crippen LogP contribution is 2.44. The number of ether oxygens (including phenoxy) is 1. The van der Waals surface area contributed by atoms with Crippen molar-refractivity contribution in [3.63, 3.8) is 0 Å². The molecule has 1 aromatic carbocycles. The molecule has 0 spiro atoms. The maximum Gasteiger partial charge on any atom is 0.303 e. The minimum atomic E-state index is -3.05. The molecule has 0 bridgehead atoms. The molecular weight excluding hydrogens is 215 g/mol. The summed E-state index contributed by atoms with van der Waals surface area (Å²) in [4.78, 5) is 10.6. The van der Waals surface area contributed by atoms with E-state index in [1.165, 1.54) is 14.0 Å². The molecule has 0 aromatic heterocycles. The first-order valence-corrected chi connectivity index (χ1v) is 6.23. The van der Waals surface area contributed by atoms with Crippen LogP contribution in [0.3, 0.4) is 0 Å². The third-order valence-corrected chi connectivity index (χ3v) is 4.03. The van der Waals surface area contributed by atoms with Crippen molar-refractivity contribution in [2.45, 2.75) is 6.92 Å². The van der Waals surface area contributed by atoms with Crippen molar-refractivity contribution in [1.82, 2.24) is 0 Å². The summed E-state index contributed by atoms with van der Waals surface area (Å²) < 4.78 is 21.9. The second-order valence-corrected chi connectivity index (χ2v) is 5.44. The molecule has 4 nitrogen and oxygen atoms in total. The van der Waals surface area contributed by atoms with Crippen molar-refractivity contribution in [2.24, 2.45) is 0 Å². The molecule has 1 aromatic rings. The van der Waals surface area contributed by atoms with Gasteiger partial charge in [0, 0.05) is 19.3 Å². The normalized spacial score (nSPS) is 14.3. The van der Waals surface area contributed by atoms with Crippen LogP contribution in [0, 0.1) is 0 Å². The minimum absolute atomic E-state index is 0.219. The first-order valence-electron chi connectivity index (χ1n) is 4.42. The van der Waals surface area contributed by atoms with E-state index in [2.05, 4.69) is 0 Å². The maximum atomic E-state index is 12.2. The lowest BCUT2D eigenvalue weighted by atomic mass is 10.4. The average Bonchev–Trinajstić information content (AvgIpc) is 2.27. The number of esters is 1. The van der Waals surface area contributed by atoms with Gasteiger partial charge in [0.15, 0.2) is 6.35 Å². The smallest absolute Gasteiger partial charge is 0.303 e. The molecule has 0 amide bonds. The summed E-state index contributed by atoms with van der Waals surface area (Å²) in [5.74, 6) is -0.469. The summed E-state index contributed by atoms with van der Waals surface area (Å²) in [5, 5.41) is 0.550. The van der Waals surface area contributed by atoms with Gasteiger partial charge in [-0.1, -0.05) is 18.2 Å². The minimum Gasteiger partial charge on any atom is -0.455 e. The summed E-state index contributed by atoms with van der Waals surface area (Å²) in [6.07, 6.45) is -0.219. The van der Waals surface area contributed by atoms with Crippen LogP contribution >= 0.6 is 7.37 Å². The van der Waals surface area contributed by atoms with Crippen LogP contribution in [0.25, 0.3) is 0 Å². The van der Waals surface area contributed by atoms with Gasteiger partial charge in [-0.2, -0.15) is 0 Å². The molecule has 0 unspecified atom stereocenters. The van der Waals surface area contributed by atoms with E-state index < -0.39 is 13.3 Å². The predicted octanol–water partition coefficient (Wildman–Crippen LogP) is 1.76. The molecule has 0 heterocycles. The van der Waals surface area contributed by atoms with Crippen LogP contribution in [0.4, 0.5) is 0 Å². The fourth-order valence-corrected chi connectivity index (χ4v) is 2.51. The zero-order valence-electron chi connectivity index (χ0n) is 8.67. The van der Waals surface area contributed by atoms with E-state index in [-0.39, 0.29) is 6.35 Å². The van der Waals surface area contributed by atoms with Crippen LogP contribution in [0.2, 0.25) is 0 Å². The van der Waals surface area contributed by atoms with Crippen LogP contribution in [-0.4, -0.2) is 19.4 Å². The van der Waals surface area contributed by atoms with Crippen molar-refractivity contribution in [3.8, 4) is 0 Å². The van der Waals surface area contributed by atoms with E-state index >= 15 is 0 Å². The summed E-state index contributed by atoms with van der Waals surface area (Å²) in [6.45, 7) is 1.27. The van der Waals surface area contributed by atoms with E-state index in [4.69, 9.17) is 9.26 Å². The van der Waals surface area contributed by atoms with Gasteiger partial charge in [0.25, 0.3) is 7.37 Å². The third kappa shape index (κ3) is 3.18. The first-order chi connectivity index (χ1) is 7.08. The fraction of sp³-hybridized carbons (Fsp3) is 0.300. The Kier molecular flexibility index (Phi) is 4.06. The lowest BCUT2D eigenvalue weighted by molar-refractivity contribution is -0.139. The Hall–Kier alpha value is -1.12. The Morgan fingerprint density at radius 1 is 1.33 bits per heavy atom. The van der Waals surface area contributed by atoms with Gasteiger partial charge < -0.3 is 9.26 Å². The van der Waals surface area contributed by atoms with E-state index in [0.717, 1.165) is 0 Å². The zero-order chi connectivity index (χ0) is 11.3. The fourth-order valence-electron chi connectivity index (χ4n) is 1.06. The molecule has 0 radical (unpaired) electrons. The Morgan fingerprint density at radius 3 is 2.40 bits per heavy atom. The van der Waals surface area contributed by atoms with E-state index in [1.54, 1.807) is 24.3 Å². The van der Waals surface area contributed by atoms with Crippen molar-refractivity contribution < 1.29 is 18.6 Å². The summed E-state index contributed by atoms with van der Waals surface area (Å²) in [7, 11) is -1.71. The highest BCUT2D eigenvalue weighted by Gasteiger charge is 2.25. The van der Waals surface area contributed by atoms with Crippen LogP contribution in [0.1, 0.15) is 6.92 Å². The third-order valence-electron chi connectivity index (χ3n) is 1.88. The molecule has 0 aliphatic carbocycles. The second kappa shape index (κ2) is 5.10. The van der Waals surface area contributed by atoms with Gasteiger partial charge in [-0.25, -0.2) is 0 Å². The summed E-state index contributed by atoms with van der Waals surface area (Å²) in [5.41, 5.74) is 0. The maximum absolute atomic E-state index is 12.2. The summed E-state index contributed by atoms with van der Waals surface area (Å²) in [6, 6.07) is 8.71. The molecule has 82 valence electrons. The SMILES string of the molecule is CO[P@](=O)(COC(C)=O)c1ccccc1. The average molecular weight is 228 g/mol. The lowest BCUT2D eigenvalue weighted by Gasteiger charge is -2.15. The largest absolute Gasteiger partial charge is 0.455 e. The van der Waals surface area contributed by atoms with Gasteiger partial charge in [-0.15, -0.1) is 0 Å². The van der Waals surface area contributed by atoms with Crippen LogP contribution in [0.5, 0.6) is 0 Å². The number of rotatable bonds is 4. The monoisotopic (exact) mass is 228 g/mol. The molecule has 1 atom stereocenters. The van der Waals surface area contributed by atoms with Gasteiger partial charge in [0.1, 0.15) is 0 Å². The van der Waals surface area contributed by atoms with E-state index in [0.29, 0.717) is 5.30 Å². The van der Waals surface area contributed by atoms with Crippen LogP contribution in [0.15, 0.2) is 30.3 Å². The van der Waals surface area contributed by atoms with E-state index in [9.17, 15) is 9.36 Å². The first kappa shape index (κ1) is 12.0. The number of carbonyl (C=O) groups excluding carboxylic acids is 1. The second-order valence-electron chi connectivity index (χ2n) is 2.96. The number of hydrogen-bond donors (Lipinski definition) is 0. The predicted molar refractivity (Wildman–Crippen MR) is 57.3 cm³/mol. The molecule has 0 fully saturated rings. The number of benzene rings is 1. The van der Waals surface area contributed by atoms with Gasteiger partial charge in [-0.3, -0.25) is 9.36 Å². The molecule has 0 saturated carbocycles. The molecule has 0 N–H and O–H groups in total. The molecule has 0 aliphatic rings. The van der Waals surface area contributed by atoms with Crippen molar-refractivity contribution in [3.05, 3.63) is 30.3 Å². The number of carbonyl (C=O) groups is 1. The van der Waals surface area contributed by atoms with Crippen LogP contribution in [-0.2, 0) is 18.6 Å². The Balaban J connectivity index is 2.86. The van der Waals surface area contributed by atoms with Crippen molar-refractivity contribution >= 4 is 18.6 Å². The molecule has 1 rings (SSSR count). The highest BCUT2D eigenvalue weighted by molar-refractivity contribution is 7.66. The number of hydrogen-bond acceptors (Lipinski definition) is 4. The Morgan fingerprint density at radius 2 is 1.93 bits per heavy atom. The molecule has 15 heavy (non-hydrogen) atoms. The quantitative estimate of drug-likeness (QED) is 0.582. The highest BCUT2D eigenvalue weighted by atomic mass is 31.2. The molecule has 0 saturated heterocycles. The van der Waals surface area contributed by atoms with E-state index in [1.807, 2.05) is 6.07 Å². The summed E-state index contributed by atoms with van der Waals surface area (Å²) >= 11 is 0. The Bertz CT molecular complexity index is 374. The van der Waals surface area contributed by atoms with Crippen LogP contribution < -0.4 is 5.30 Å². The zero-order valence-corrected chi connectivity index (χ0v) is 9.57. The standard InChI is InChI=1S/C10H13O4P/c1-9(11)14-8-15(12,13-2)10-6-4-3-5-7-10/h3-7H,8H2,1-2H3/t15-/m1/s1. The Labute approximate surface area is 88.7 Å². The van der Waals surface area contributed by atoms with Gasteiger partial charge in [0.2, 0.25) is 0 Å². The molecule has 5 heteroatoms. The van der Waals surface area contributed by atoms with Gasteiger partial charge >= 0.3 is 5.97 Å². The molecular formula is C10H13O4P. The lowest BCUT2D eigenvalue weighted by Crippen LogP contribution is -2.12. The van der Waals surface area contributed by atoms with Gasteiger partial charge in [0.05, 0.1) is 0 Å². The van der Waals surface area contributed by atoms with Crippen molar-refractivity contribution in [1.29, 1.82) is 0 Å². The molecule has 0 aliphatic heterocycles. The van der Waals surface area contributed by atoms with Gasteiger partial charge in [-0.05, 0) is 12.1 Å².